The molecule has 0 unspecified atom stereocenters. The summed E-state index contributed by atoms with van der Waals surface area (Å²) in [6, 6.07) is 7.75. The molecular formula is C20H21N3O6. The highest BCUT2D eigenvalue weighted by atomic mass is 16.6. The molecule has 2 heterocycles. The maximum Gasteiger partial charge on any atom is 0.337 e. The Labute approximate surface area is 167 Å². The molecule has 1 aromatic heterocycles. The van der Waals surface area contributed by atoms with Crippen LogP contribution in [0.15, 0.2) is 30.3 Å². The molecule has 2 amide bonds. The summed E-state index contributed by atoms with van der Waals surface area (Å²) in [6.07, 6.45) is 0. The Morgan fingerprint density at radius 2 is 1.86 bits per heavy atom. The number of ether oxygens (including phenoxy) is 2. The number of amides is 2. The summed E-state index contributed by atoms with van der Waals surface area (Å²) in [5.41, 5.74) is 0.880. The van der Waals surface area contributed by atoms with Crippen LogP contribution in [-0.2, 0) is 4.79 Å². The van der Waals surface area contributed by atoms with Gasteiger partial charge in [-0.25, -0.2) is 9.78 Å². The Bertz CT molecular complexity index is 959. The first-order valence-corrected chi connectivity index (χ1v) is 9.08. The van der Waals surface area contributed by atoms with E-state index < -0.39 is 11.9 Å². The van der Waals surface area contributed by atoms with Gasteiger partial charge in [0.1, 0.15) is 25.5 Å². The number of fused-ring (bicyclic) bond motifs is 1. The predicted molar refractivity (Wildman–Crippen MR) is 104 cm³/mol. The van der Waals surface area contributed by atoms with Crippen LogP contribution in [0.1, 0.15) is 33.5 Å². The lowest BCUT2D eigenvalue weighted by atomic mass is 10.2. The molecule has 1 aromatic carbocycles. The van der Waals surface area contributed by atoms with Crippen molar-refractivity contribution in [3.8, 4) is 11.5 Å². The van der Waals surface area contributed by atoms with Crippen LogP contribution in [0, 0.1) is 6.92 Å². The number of nitrogens with one attached hydrogen (secondary N) is 1. The van der Waals surface area contributed by atoms with Gasteiger partial charge in [0.25, 0.3) is 5.91 Å². The monoisotopic (exact) mass is 399 g/mol. The number of carbonyl (C=O) groups excluding carboxylic acids is 2. The molecule has 9 heteroatoms. The van der Waals surface area contributed by atoms with Crippen LogP contribution in [0.4, 0.5) is 5.69 Å². The van der Waals surface area contributed by atoms with Crippen LogP contribution in [0.3, 0.4) is 0 Å². The van der Waals surface area contributed by atoms with Gasteiger partial charge in [0.05, 0.1) is 11.3 Å². The van der Waals surface area contributed by atoms with Crippen LogP contribution < -0.4 is 14.8 Å². The fourth-order valence-electron chi connectivity index (χ4n) is 2.89. The molecule has 0 spiro atoms. The fourth-order valence-corrected chi connectivity index (χ4v) is 2.89. The number of benzene rings is 1. The van der Waals surface area contributed by atoms with Crippen molar-refractivity contribution in [2.75, 3.05) is 31.6 Å². The summed E-state index contributed by atoms with van der Waals surface area (Å²) in [5, 5.41) is 11.8. The molecule has 0 atom stereocenters. The van der Waals surface area contributed by atoms with Crippen molar-refractivity contribution in [3.05, 3.63) is 47.3 Å². The molecular weight excluding hydrogens is 378 g/mol. The third kappa shape index (κ3) is 4.63. The number of hydrogen-bond donors (Lipinski definition) is 2. The number of carboxylic acid groups (broad SMARTS) is 1. The van der Waals surface area contributed by atoms with E-state index in [1.165, 1.54) is 24.0 Å². The van der Waals surface area contributed by atoms with Gasteiger partial charge >= 0.3 is 5.97 Å². The molecule has 1 aliphatic rings. The standard InChI is InChI=1S/C20H21N3O6/c1-3-23(19(25)15-6-5-14(20(26)27)12(2)21-15)11-18(24)22-13-4-7-16-17(10-13)29-9-8-28-16/h4-7,10H,3,8-9,11H2,1-2H3,(H,22,24)(H,26,27). The first-order valence-electron chi connectivity index (χ1n) is 9.08. The smallest absolute Gasteiger partial charge is 0.337 e. The zero-order valence-electron chi connectivity index (χ0n) is 16.1. The summed E-state index contributed by atoms with van der Waals surface area (Å²) in [4.78, 5) is 41.6. The van der Waals surface area contributed by atoms with Crippen molar-refractivity contribution >= 4 is 23.5 Å². The second kappa shape index (κ2) is 8.59. The second-order valence-electron chi connectivity index (χ2n) is 6.36. The van der Waals surface area contributed by atoms with E-state index in [4.69, 9.17) is 14.6 Å². The highest BCUT2D eigenvalue weighted by molar-refractivity contribution is 5.99. The van der Waals surface area contributed by atoms with Gasteiger partial charge < -0.3 is 24.8 Å². The second-order valence-corrected chi connectivity index (χ2v) is 6.36. The van der Waals surface area contributed by atoms with E-state index >= 15 is 0 Å². The molecule has 0 saturated heterocycles. The minimum atomic E-state index is -1.11. The van der Waals surface area contributed by atoms with E-state index in [9.17, 15) is 14.4 Å². The van der Waals surface area contributed by atoms with Gasteiger partial charge in [-0.2, -0.15) is 0 Å². The molecule has 3 rings (SSSR count). The topological polar surface area (TPSA) is 118 Å². The molecule has 29 heavy (non-hydrogen) atoms. The number of rotatable bonds is 6. The van der Waals surface area contributed by atoms with E-state index in [0.717, 1.165) is 0 Å². The van der Waals surface area contributed by atoms with Crippen molar-refractivity contribution < 1.29 is 29.0 Å². The molecule has 2 aromatic rings. The fraction of sp³-hybridized carbons (Fsp3) is 0.300. The van der Waals surface area contributed by atoms with Crippen LogP contribution in [0.25, 0.3) is 0 Å². The number of aromatic carboxylic acids is 1. The molecule has 0 aliphatic carbocycles. The highest BCUT2D eigenvalue weighted by Crippen LogP contribution is 2.32. The summed E-state index contributed by atoms with van der Waals surface area (Å²) < 4.78 is 10.9. The first-order chi connectivity index (χ1) is 13.9. The number of carbonyl (C=O) groups is 3. The Hall–Kier alpha value is -3.62. The van der Waals surface area contributed by atoms with E-state index in [1.807, 2.05) is 0 Å². The van der Waals surface area contributed by atoms with Gasteiger partial charge in [0.2, 0.25) is 5.91 Å². The van der Waals surface area contributed by atoms with E-state index in [-0.39, 0.29) is 35.9 Å². The van der Waals surface area contributed by atoms with Gasteiger partial charge in [-0.15, -0.1) is 0 Å². The number of carboxylic acids is 1. The van der Waals surface area contributed by atoms with Crippen LogP contribution in [0.5, 0.6) is 11.5 Å². The predicted octanol–water partition coefficient (Wildman–Crippen LogP) is 1.96. The number of pyridine rings is 1. The lowest BCUT2D eigenvalue weighted by Gasteiger charge is -2.21. The summed E-state index contributed by atoms with van der Waals surface area (Å²) in [5.74, 6) is -0.776. The highest BCUT2D eigenvalue weighted by Gasteiger charge is 2.21. The van der Waals surface area contributed by atoms with Gasteiger partial charge in [0, 0.05) is 18.3 Å². The van der Waals surface area contributed by atoms with E-state index in [0.29, 0.717) is 30.4 Å². The van der Waals surface area contributed by atoms with Gasteiger partial charge in [0.15, 0.2) is 11.5 Å². The zero-order chi connectivity index (χ0) is 21.0. The third-order valence-electron chi connectivity index (χ3n) is 4.36. The molecule has 152 valence electrons. The minimum Gasteiger partial charge on any atom is -0.486 e. The van der Waals surface area contributed by atoms with Crippen molar-refractivity contribution in [3.63, 3.8) is 0 Å². The van der Waals surface area contributed by atoms with E-state index in [2.05, 4.69) is 10.3 Å². The Balaban J connectivity index is 1.67. The molecule has 2 N–H and O–H groups in total. The van der Waals surface area contributed by atoms with Crippen molar-refractivity contribution in [1.82, 2.24) is 9.88 Å². The summed E-state index contributed by atoms with van der Waals surface area (Å²) in [6.45, 7) is 4.29. The lowest BCUT2D eigenvalue weighted by Crippen LogP contribution is -2.38. The quantitative estimate of drug-likeness (QED) is 0.762. The molecule has 0 bridgehead atoms. The van der Waals surface area contributed by atoms with Crippen molar-refractivity contribution in [1.29, 1.82) is 0 Å². The SMILES string of the molecule is CCN(CC(=O)Nc1ccc2c(c1)OCCO2)C(=O)c1ccc(C(=O)O)c(C)n1. The normalized spacial score (nSPS) is 12.2. The van der Waals surface area contributed by atoms with Crippen LogP contribution in [0.2, 0.25) is 0 Å². The van der Waals surface area contributed by atoms with Crippen molar-refractivity contribution in [2.24, 2.45) is 0 Å². The maximum atomic E-state index is 12.7. The van der Waals surface area contributed by atoms with Crippen molar-refractivity contribution in [2.45, 2.75) is 13.8 Å². The summed E-state index contributed by atoms with van der Waals surface area (Å²) >= 11 is 0. The van der Waals surface area contributed by atoms with E-state index in [1.54, 1.807) is 25.1 Å². The van der Waals surface area contributed by atoms with Crippen LogP contribution >= 0.6 is 0 Å². The Morgan fingerprint density at radius 1 is 1.14 bits per heavy atom. The largest absolute Gasteiger partial charge is 0.486 e. The molecule has 0 fully saturated rings. The zero-order valence-corrected chi connectivity index (χ0v) is 16.1. The third-order valence-corrected chi connectivity index (χ3v) is 4.36. The number of anilines is 1. The Morgan fingerprint density at radius 3 is 2.52 bits per heavy atom. The molecule has 9 nitrogen and oxygen atoms in total. The van der Waals surface area contributed by atoms with Gasteiger partial charge in [-0.3, -0.25) is 9.59 Å². The van der Waals surface area contributed by atoms with Crippen LogP contribution in [-0.4, -0.2) is 59.1 Å². The number of aryl methyl sites for hydroxylation is 1. The van der Waals surface area contributed by atoms with Gasteiger partial charge in [-0.05, 0) is 38.1 Å². The number of hydrogen-bond acceptors (Lipinski definition) is 6. The number of nitrogens with zero attached hydrogens (tertiary/aromatic N) is 2. The number of aromatic nitrogens is 1. The first kappa shape index (κ1) is 20.1. The number of likely N-dealkylation sites (N-methyl/N-ethyl adjacent to an activating group) is 1. The average Bonchev–Trinajstić information content (AvgIpc) is 2.71. The van der Waals surface area contributed by atoms with Gasteiger partial charge in [-0.1, -0.05) is 0 Å². The minimum absolute atomic E-state index is 0.0287. The lowest BCUT2D eigenvalue weighted by molar-refractivity contribution is -0.116. The molecule has 0 radical (unpaired) electrons. The molecule has 1 aliphatic heterocycles. The maximum absolute atomic E-state index is 12.7. The summed E-state index contributed by atoms with van der Waals surface area (Å²) in [7, 11) is 0. The Kier molecular flexibility index (Phi) is 5.96. The average molecular weight is 399 g/mol. The molecule has 0 saturated carbocycles.